The zero-order valence-electron chi connectivity index (χ0n) is 12.5. The minimum atomic E-state index is 0.261. The first-order valence-electron chi connectivity index (χ1n) is 7.38. The van der Waals surface area contributed by atoms with E-state index < -0.39 is 0 Å². The Morgan fingerprint density at radius 1 is 1.14 bits per heavy atom. The molecule has 0 aliphatic carbocycles. The van der Waals surface area contributed by atoms with E-state index >= 15 is 0 Å². The molecule has 21 heavy (non-hydrogen) atoms. The molecule has 110 valence electrons. The van der Waals surface area contributed by atoms with Crippen LogP contribution in [0.3, 0.4) is 0 Å². The van der Waals surface area contributed by atoms with Gasteiger partial charge in [0.2, 0.25) is 0 Å². The van der Waals surface area contributed by atoms with E-state index in [1.165, 1.54) is 22.5 Å². The van der Waals surface area contributed by atoms with E-state index in [-0.39, 0.29) is 6.10 Å². The summed E-state index contributed by atoms with van der Waals surface area (Å²) >= 11 is 3.59. The van der Waals surface area contributed by atoms with Gasteiger partial charge in [0.05, 0.1) is 12.7 Å². The van der Waals surface area contributed by atoms with Crippen LogP contribution in [-0.2, 0) is 11.2 Å². The highest BCUT2D eigenvalue weighted by Crippen LogP contribution is 2.34. The molecular weight excluding hydrogens is 326 g/mol. The van der Waals surface area contributed by atoms with Gasteiger partial charge < -0.3 is 9.64 Å². The second-order valence-corrected chi connectivity index (χ2v) is 6.51. The number of hydrogen-bond donors (Lipinski definition) is 0. The van der Waals surface area contributed by atoms with Gasteiger partial charge >= 0.3 is 0 Å². The molecule has 3 heteroatoms. The summed E-state index contributed by atoms with van der Waals surface area (Å²) < 4.78 is 7.04. The van der Waals surface area contributed by atoms with Gasteiger partial charge in [0.1, 0.15) is 0 Å². The lowest BCUT2D eigenvalue weighted by atomic mass is 10.0. The molecular formula is C18H20BrNO. The van der Waals surface area contributed by atoms with Crippen LogP contribution in [0.2, 0.25) is 0 Å². The highest BCUT2D eigenvalue weighted by molar-refractivity contribution is 9.10. The number of benzene rings is 2. The van der Waals surface area contributed by atoms with Gasteiger partial charge in [0, 0.05) is 28.8 Å². The summed E-state index contributed by atoms with van der Waals surface area (Å²) in [7, 11) is 0. The minimum Gasteiger partial charge on any atom is -0.376 e. The van der Waals surface area contributed by atoms with Gasteiger partial charge in [-0.25, -0.2) is 0 Å². The fourth-order valence-electron chi connectivity index (χ4n) is 2.93. The summed E-state index contributed by atoms with van der Waals surface area (Å²) in [6.07, 6.45) is 1.20. The summed E-state index contributed by atoms with van der Waals surface area (Å²) in [5.41, 5.74) is 5.18. The van der Waals surface area contributed by atoms with Crippen molar-refractivity contribution in [2.75, 3.05) is 18.1 Å². The largest absolute Gasteiger partial charge is 0.376 e. The normalized spacial score (nSPS) is 18.8. The number of aryl methyl sites for hydroxylation is 1. The number of fused-ring (bicyclic) bond motifs is 1. The summed E-state index contributed by atoms with van der Waals surface area (Å²) in [6.45, 7) is 5.94. The van der Waals surface area contributed by atoms with Gasteiger partial charge in [-0.2, -0.15) is 0 Å². The van der Waals surface area contributed by atoms with Crippen LogP contribution in [0.5, 0.6) is 0 Å². The molecule has 2 aromatic rings. The van der Waals surface area contributed by atoms with Crippen LogP contribution in [0, 0.1) is 6.92 Å². The van der Waals surface area contributed by atoms with Crippen molar-refractivity contribution in [3.8, 4) is 0 Å². The fraction of sp³-hybridized carbons (Fsp3) is 0.333. The van der Waals surface area contributed by atoms with Crippen molar-refractivity contribution in [2.24, 2.45) is 0 Å². The quantitative estimate of drug-likeness (QED) is 0.731. The number of rotatable bonds is 1. The van der Waals surface area contributed by atoms with Crippen LogP contribution in [0.15, 0.2) is 46.9 Å². The average molecular weight is 346 g/mol. The topological polar surface area (TPSA) is 12.5 Å². The first-order chi connectivity index (χ1) is 10.1. The lowest BCUT2D eigenvalue weighted by molar-refractivity contribution is 0.0703. The molecule has 0 radical (unpaired) electrons. The van der Waals surface area contributed by atoms with Crippen molar-refractivity contribution >= 4 is 27.3 Å². The molecule has 0 bridgehead atoms. The van der Waals surface area contributed by atoms with Crippen LogP contribution in [0.1, 0.15) is 18.1 Å². The van der Waals surface area contributed by atoms with Gasteiger partial charge in [-0.05, 0) is 49.2 Å². The smallest absolute Gasteiger partial charge is 0.0649 e. The molecule has 1 unspecified atom stereocenters. The Hall–Kier alpha value is -1.32. The number of hydrogen-bond acceptors (Lipinski definition) is 2. The zero-order valence-corrected chi connectivity index (χ0v) is 14.1. The van der Waals surface area contributed by atoms with Gasteiger partial charge in [-0.3, -0.25) is 0 Å². The average Bonchev–Trinajstić information content (AvgIpc) is 2.44. The maximum atomic E-state index is 5.91. The van der Waals surface area contributed by atoms with Crippen molar-refractivity contribution in [1.82, 2.24) is 0 Å². The molecule has 0 saturated carbocycles. The van der Waals surface area contributed by atoms with Crippen LogP contribution in [0.4, 0.5) is 11.4 Å². The third-order valence-corrected chi connectivity index (χ3v) is 4.46. The van der Waals surface area contributed by atoms with E-state index in [9.17, 15) is 0 Å². The summed E-state index contributed by atoms with van der Waals surface area (Å²) in [5, 5.41) is 0. The van der Waals surface area contributed by atoms with E-state index in [0.29, 0.717) is 0 Å². The number of anilines is 2. The minimum absolute atomic E-state index is 0.261. The van der Waals surface area contributed by atoms with Crippen LogP contribution in [-0.4, -0.2) is 19.3 Å². The van der Waals surface area contributed by atoms with Crippen molar-refractivity contribution in [3.63, 3.8) is 0 Å². The van der Waals surface area contributed by atoms with Gasteiger partial charge in [-0.1, -0.05) is 34.1 Å². The third-order valence-electron chi connectivity index (χ3n) is 3.96. The van der Waals surface area contributed by atoms with Crippen molar-refractivity contribution in [1.29, 1.82) is 0 Å². The molecule has 1 aliphatic rings. The van der Waals surface area contributed by atoms with E-state index in [0.717, 1.165) is 24.0 Å². The monoisotopic (exact) mass is 345 g/mol. The SMILES string of the molecule is Cc1ccccc1N1CCOC(C)Cc2cc(Br)ccc21. The molecule has 0 saturated heterocycles. The Bertz CT molecular complexity index is 641. The van der Waals surface area contributed by atoms with Gasteiger partial charge in [0.25, 0.3) is 0 Å². The summed E-state index contributed by atoms with van der Waals surface area (Å²) in [5.74, 6) is 0. The highest BCUT2D eigenvalue weighted by Gasteiger charge is 2.20. The Morgan fingerprint density at radius 2 is 1.95 bits per heavy atom. The van der Waals surface area contributed by atoms with Crippen LogP contribution < -0.4 is 4.90 Å². The first kappa shape index (κ1) is 14.6. The second kappa shape index (κ2) is 6.20. The Kier molecular flexibility index (Phi) is 4.32. The predicted molar refractivity (Wildman–Crippen MR) is 91.4 cm³/mol. The van der Waals surface area contributed by atoms with E-state index in [1.54, 1.807) is 0 Å². The van der Waals surface area contributed by atoms with Crippen molar-refractivity contribution in [3.05, 3.63) is 58.1 Å². The highest BCUT2D eigenvalue weighted by atomic mass is 79.9. The van der Waals surface area contributed by atoms with Crippen LogP contribution >= 0.6 is 15.9 Å². The molecule has 0 fully saturated rings. The molecule has 1 aliphatic heterocycles. The molecule has 0 aromatic heterocycles. The first-order valence-corrected chi connectivity index (χ1v) is 8.17. The van der Waals surface area contributed by atoms with E-state index in [1.807, 2.05) is 0 Å². The van der Waals surface area contributed by atoms with Gasteiger partial charge in [0.15, 0.2) is 0 Å². The molecule has 1 atom stereocenters. The molecule has 0 spiro atoms. The van der Waals surface area contributed by atoms with E-state index in [2.05, 4.69) is 77.1 Å². The summed E-state index contributed by atoms with van der Waals surface area (Å²) in [4.78, 5) is 2.38. The lowest BCUT2D eigenvalue weighted by Gasteiger charge is -2.32. The van der Waals surface area contributed by atoms with Gasteiger partial charge in [-0.15, -0.1) is 0 Å². The van der Waals surface area contributed by atoms with Crippen molar-refractivity contribution < 1.29 is 4.74 Å². The Labute approximate surface area is 134 Å². The number of ether oxygens (including phenoxy) is 1. The second-order valence-electron chi connectivity index (χ2n) is 5.60. The Morgan fingerprint density at radius 3 is 2.76 bits per heavy atom. The lowest BCUT2D eigenvalue weighted by Crippen LogP contribution is -2.29. The molecule has 2 aromatic carbocycles. The standard InChI is InChI=1S/C18H20BrNO/c1-13-5-3-4-6-17(13)20-9-10-21-14(2)11-15-12-16(19)7-8-18(15)20/h3-8,12,14H,9-11H2,1-2H3. The number of para-hydroxylation sites is 1. The maximum Gasteiger partial charge on any atom is 0.0649 e. The number of nitrogens with zero attached hydrogens (tertiary/aromatic N) is 1. The van der Waals surface area contributed by atoms with E-state index in [4.69, 9.17) is 4.74 Å². The van der Waals surface area contributed by atoms with Crippen LogP contribution in [0.25, 0.3) is 0 Å². The molecule has 0 N–H and O–H groups in total. The molecule has 0 amide bonds. The predicted octanol–water partition coefficient (Wildman–Crippen LogP) is 4.86. The molecule has 1 heterocycles. The number of halogens is 1. The van der Waals surface area contributed by atoms with Crippen molar-refractivity contribution in [2.45, 2.75) is 26.4 Å². The molecule has 2 nitrogen and oxygen atoms in total. The third kappa shape index (κ3) is 3.14. The summed E-state index contributed by atoms with van der Waals surface area (Å²) in [6, 6.07) is 15.1. The fourth-order valence-corrected chi connectivity index (χ4v) is 3.34. The Balaban J connectivity index is 2.10. The maximum absolute atomic E-state index is 5.91. The zero-order chi connectivity index (χ0) is 14.8. The molecule has 3 rings (SSSR count).